The van der Waals surface area contributed by atoms with Gasteiger partial charge in [0.25, 0.3) is 0 Å². The highest BCUT2D eigenvalue weighted by Gasteiger charge is 2.26. The van der Waals surface area contributed by atoms with Crippen molar-refractivity contribution in [2.75, 3.05) is 6.54 Å². The molecule has 0 spiro atoms. The third-order valence-electron chi connectivity index (χ3n) is 3.88. The largest absolute Gasteiger partial charge is 0.338 e. The van der Waals surface area contributed by atoms with E-state index in [-0.39, 0.29) is 6.04 Å². The first-order chi connectivity index (χ1) is 9.74. The topological polar surface area (TPSA) is 63.8 Å². The number of hydrogen-bond donors (Lipinski definition) is 1. The maximum Gasteiger partial charge on any atom is 0.243 e. The predicted molar refractivity (Wildman–Crippen MR) is 77.7 cm³/mol. The van der Waals surface area contributed by atoms with E-state index >= 15 is 0 Å². The summed E-state index contributed by atoms with van der Waals surface area (Å²) in [4.78, 5) is 8.97. The Hall–Kier alpha value is -1.27. The summed E-state index contributed by atoms with van der Waals surface area (Å²) >= 11 is 1.65. The molecule has 5 nitrogen and oxygen atoms in total. The van der Waals surface area contributed by atoms with E-state index in [2.05, 4.69) is 32.7 Å². The van der Waals surface area contributed by atoms with E-state index in [0.717, 1.165) is 41.3 Å². The fraction of sp³-hybridized carbons (Fsp3) is 0.643. The highest BCUT2D eigenvalue weighted by atomic mass is 32.1. The Balaban J connectivity index is 1.67. The maximum atomic E-state index is 5.43. The van der Waals surface area contributed by atoms with Gasteiger partial charge in [-0.2, -0.15) is 4.98 Å². The molecule has 2 aromatic rings. The van der Waals surface area contributed by atoms with Gasteiger partial charge in [0.2, 0.25) is 5.89 Å². The Morgan fingerprint density at radius 2 is 2.35 bits per heavy atom. The predicted octanol–water partition coefficient (Wildman–Crippen LogP) is 2.88. The van der Waals surface area contributed by atoms with Gasteiger partial charge in [0.15, 0.2) is 5.82 Å². The molecule has 2 unspecified atom stereocenters. The standard InChI is InChI=1S/C14H20N4OS/c1-3-10-4-5-15-12(6-10)14-17-13(18-19-14)7-11-8-20-9(2)16-11/h8,10,12,15H,3-7H2,1-2H3. The van der Waals surface area contributed by atoms with Crippen molar-refractivity contribution in [1.29, 1.82) is 0 Å². The molecule has 2 aromatic heterocycles. The van der Waals surface area contributed by atoms with Gasteiger partial charge < -0.3 is 9.84 Å². The molecule has 0 amide bonds. The van der Waals surface area contributed by atoms with Crippen LogP contribution in [0.4, 0.5) is 0 Å². The molecule has 2 atom stereocenters. The van der Waals surface area contributed by atoms with Crippen LogP contribution in [-0.4, -0.2) is 21.7 Å². The normalized spacial score (nSPS) is 23.1. The Morgan fingerprint density at radius 1 is 1.45 bits per heavy atom. The van der Waals surface area contributed by atoms with Crippen LogP contribution in [0.25, 0.3) is 0 Å². The third kappa shape index (κ3) is 3.07. The van der Waals surface area contributed by atoms with Gasteiger partial charge in [-0.05, 0) is 32.2 Å². The van der Waals surface area contributed by atoms with Gasteiger partial charge in [0.05, 0.1) is 23.2 Å². The van der Waals surface area contributed by atoms with E-state index in [1.165, 1.54) is 12.8 Å². The van der Waals surface area contributed by atoms with Crippen molar-refractivity contribution in [1.82, 2.24) is 20.4 Å². The lowest BCUT2D eigenvalue weighted by atomic mass is 9.90. The zero-order valence-corrected chi connectivity index (χ0v) is 12.7. The molecule has 0 bridgehead atoms. The Kier molecular flexibility index (Phi) is 4.12. The molecule has 1 aliphatic rings. The van der Waals surface area contributed by atoms with Crippen LogP contribution >= 0.6 is 11.3 Å². The first kappa shape index (κ1) is 13.7. The molecule has 6 heteroatoms. The van der Waals surface area contributed by atoms with Gasteiger partial charge in [0, 0.05) is 5.38 Å². The van der Waals surface area contributed by atoms with Crippen molar-refractivity contribution in [3.8, 4) is 0 Å². The van der Waals surface area contributed by atoms with Gasteiger partial charge >= 0.3 is 0 Å². The minimum absolute atomic E-state index is 0.215. The smallest absolute Gasteiger partial charge is 0.243 e. The number of aromatic nitrogens is 3. The van der Waals surface area contributed by atoms with Crippen LogP contribution in [0, 0.1) is 12.8 Å². The molecule has 1 aliphatic heterocycles. The average molecular weight is 292 g/mol. The molecule has 0 aromatic carbocycles. The highest BCUT2D eigenvalue weighted by Crippen LogP contribution is 2.28. The lowest BCUT2D eigenvalue weighted by Crippen LogP contribution is -2.31. The van der Waals surface area contributed by atoms with Crippen LogP contribution in [0.2, 0.25) is 0 Å². The van der Waals surface area contributed by atoms with Crippen molar-refractivity contribution in [3.05, 3.63) is 27.8 Å². The fourth-order valence-electron chi connectivity index (χ4n) is 2.69. The zero-order valence-electron chi connectivity index (χ0n) is 11.9. The van der Waals surface area contributed by atoms with Gasteiger partial charge in [-0.1, -0.05) is 18.5 Å². The molecule has 1 N–H and O–H groups in total. The summed E-state index contributed by atoms with van der Waals surface area (Å²) in [6.07, 6.45) is 4.20. The van der Waals surface area contributed by atoms with Crippen LogP contribution in [0.15, 0.2) is 9.90 Å². The van der Waals surface area contributed by atoms with Crippen molar-refractivity contribution in [2.24, 2.45) is 5.92 Å². The van der Waals surface area contributed by atoms with E-state index < -0.39 is 0 Å². The minimum atomic E-state index is 0.215. The van der Waals surface area contributed by atoms with Gasteiger partial charge in [0.1, 0.15) is 0 Å². The van der Waals surface area contributed by atoms with Crippen LogP contribution in [0.5, 0.6) is 0 Å². The minimum Gasteiger partial charge on any atom is -0.338 e. The Labute approximate surface area is 122 Å². The van der Waals surface area contributed by atoms with E-state index in [4.69, 9.17) is 4.52 Å². The molecule has 3 heterocycles. The third-order valence-corrected chi connectivity index (χ3v) is 4.70. The van der Waals surface area contributed by atoms with Crippen LogP contribution in [0.1, 0.15) is 54.6 Å². The first-order valence-electron chi connectivity index (χ1n) is 7.21. The monoisotopic (exact) mass is 292 g/mol. The van der Waals surface area contributed by atoms with E-state index in [1.807, 2.05) is 6.92 Å². The average Bonchev–Trinajstić information content (AvgIpc) is 3.09. The molecule has 1 fully saturated rings. The van der Waals surface area contributed by atoms with Crippen molar-refractivity contribution in [3.63, 3.8) is 0 Å². The zero-order chi connectivity index (χ0) is 13.9. The molecule has 0 aliphatic carbocycles. The molecule has 1 saturated heterocycles. The molecular formula is C14H20N4OS. The van der Waals surface area contributed by atoms with Crippen LogP contribution < -0.4 is 5.32 Å². The Morgan fingerprint density at radius 3 is 3.10 bits per heavy atom. The Bertz CT molecular complexity index is 565. The number of thiazole rings is 1. The summed E-state index contributed by atoms with van der Waals surface area (Å²) in [5.74, 6) is 2.22. The quantitative estimate of drug-likeness (QED) is 0.938. The summed E-state index contributed by atoms with van der Waals surface area (Å²) in [7, 11) is 0. The summed E-state index contributed by atoms with van der Waals surface area (Å²) in [5.41, 5.74) is 1.02. The number of piperidine rings is 1. The second-order valence-electron chi connectivity index (χ2n) is 5.39. The van der Waals surface area contributed by atoms with E-state index in [0.29, 0.717) is 6.42 Å². The van der Waals surface area contributed by atoms with Crippen LogP contribution in [-0.2, 0) is 6.42 Å². The number of hydrogen-bond acceptors (Lipinski definition) is 6. The molecule has 20 heavy (non-hydrogen) atoms. The number of rotatable bonds is 4. The SMILES string of the molecule is CCC1CCNC(c2nc(Cc3csc(C)n3)no2)C1. The number of aryl methyl sites for hydroxylation is 1. The van der Waals surface area contributed by atoms with Crippen molar-refractivity contribution < 1.29 is 4.52 Å². The maximum absolute atomic E-state index is 5.43. The van der Waals surface area contributed by atoms with E-state index in [1.54, 1.807) is 11.3 Å². The van der Waals surface area contributed by atoms with E-state index in [9.17, 15) is 0 Å². The van der Waals surface area contributed by atoms with Crippen molar-refractivity contribution >= 4 is 11.3 Å². The van der Waals surface area contributed by atoms with Gasteiger partial charge in [-0.3, -0.25) is 0 Å². The molecule has 0 saturated carbocycles. The van der Waals surface area contributed by atoms with Gasteiger partial charge in [-0.25, -0.2) is 4.98 Å². The highest BCUT2D eigenvalue weighted by molar-refractivity contribution is 7.09. The number of nitrogens with one attached hydrogen (secondary N) is 1. The van der Waals surface area contributed by atoms with Gasteiger partial charge in [-0.15, -0.1) is 11.3 Å². The number of nitrogens with zero attached hydrogens (tertiary/aromatic N) is 3. The fourth-order valence-corrected chi connectivity index (χ4v) is 3.30. The lowest BCUT2D eigenvalue weighted by Gasteiger charge is -2.27. The summed E-state index contributed by atoms with van der Waals surface area (Å²) in [6, 6.07) is 0.215. The summed E-state index contributed by atoms with van der Waals surface area (Å²) in [6.45, 7) is 5.29. The lowest BCUT2D eigenvalue weighted by molar-refractivity contribution is 0.245. The summed E-state index contributed by atoms with van der Waals surface area (Å²) < 4.78 is 5.43. The second-order valence-corrected chi connectivity index (χ2v) is 6.45. The van der Waals surface area contributed by atoms with Crippen LogP contribution in [0.3, 0.4) is 0 Å². The molecule has 108 valence electrons. The molecular weight excluding hydrogens is 272 g/mol. The second kappa shape index (κ2) is 6.01. The summed E-state index contributed by atoms with van der Waals surface area (Å²) in [5, 5.41) is 10.7. The van der Waals surface area contributed by atoms with Crippen molar-refractivity contribution in [2.45, 2.75) is 45.6 Å². The molecule has 3 rings (SSSR count). The molecule has 0 radical (unpaired) electrons. The first-order valence-corrected chi connectivity index (χ1v) is 8.09.